The van der Waals surface area contributed by atoms with Crippen LogP contribution in [0.15, 0.2) is 0 Å². The average molecular weight is 228 g/mol. The van der Waals surface area contributed by atoms with Crippen LogP contribution in [0, 0.1) is 0 Å². The lowest BCUT2D eigenvalue weighted by atomic mass is 10.5. The third-order valence-electron chi connectivity index (χ3n) is 0.858. The zero-order valence-corrected chi connectivity index (χ0v) is 6.83. The molecule has 0 saturated carbocycles. The Hall–Kier alpha value is -0.440. The molecule has 0 radical (unpaired) electrons. The highest BCUT2D eigenvalue weighted by atomic mass is 32.2. The van der Waals surface area contributed by atoms with Gasteiger partial charge in [0.1, 0.15) is 0 Å². The van der Waals surface area contributed by atoms with Crippen LogP contribution in [-0.2, 0) is 14.3 Å². The van der Waals surface area contributed by atoms with Crippen molar-refractivity contribution in [2.75, 3.05) is 6.61 Å². The van der Waals surface area contributed by atoms with Gasteiger partial charge in [0, 0.05) is 6.42 Å². The first kappa shape index (κ1) is 12.6. The third kappa shape index (κ3) is 4.36. The van der Waals surface area contributed by atoms with Crippen LogP contribution in [0.3, 0.4) is 0 Å². The molecule has 80 valence electrons. The number of hydrogen-bond donors (Lipinski definition) is 0. The van der Waals surface area contributed by atoms with Gasteiger partial charge in [0.15, 0.2) is 0 Å². The highest BCUT2D eigenvalue weighted by Crippen LogP contribution is 2.24. The monoisotopic (exact) mass is 228 g/mol. The van der Waals surface area contributed by atoms with Gasteiger partial charge in [-0.2, -0.15) is 21.6 Å². The van der Waals surface area contributed by atoms with Gasteiger partial charge in [-0.1, -0.05) is 0 Å². The maximum atomic E-state index is 11.5. The van der Waals surface area contributed by atoms with Crippen LogP contribution in [0.1, 0.15) is 6.42 Å². The molecule has 0 spiro atoms. The minimum absolute atomic E-state index is 1.06. The van der Waals surface area contributed by atoms with Gasteiger partial charge in [0.2, 0.25) is 6.43 Å². The fraction of sp³-hybridized carbons (Fsp3) is 1.00. The molecule has 0 rings (SSSR count). The molecular formula is C4H5F5O3S. The van der Waals surface area contributed by atoms with Crippen LogP contribution in [0.4, 0.5) is 22.0 Å². The van der Waals surface area contributed by atoms with Gasteiger partial charge in [0.05, 0.1) is 6.61 Å². The van der Waals surface area contributed by atoms with E-state index in [1.165, 1.54) is 0 Å². The van der Waals surface area contributed by atoms with E-state index in [4.69, 9.17) is 0 Å². The molecule has 0 unspecified atom stereocenters. The van der Waals surface area contributed by atoms with Crippen LogP contribution < -0.4 is 0 Å². The molecule has 0 amide bonds. The molecule has 0 aliphatic rings. The highest BCUT2D eigenvalue weighted by molar-refractivity contribution is 7.87. The Bertz CT molecular complexity index is 243. The topological polar surface area (TPSA) is 43.4 Å². The molecule has 0 aromatic rings. The van der Waals surface area contributed by atoms with Gasteiger partial charge < -0.3 is 0 Å². The van der Waals surface area contributed by atoms with Crippen molar-refractivity contribution >= 4 is 10.1 Å². The molecule has 0 fully saturated rings. The summed E-state index contributed by atoms with van der Waals surface area (Å²) in [5.74, 6) is 0. The Morgan fingerprint density at radius 1 is 1.23 bits per heavy atom. The zero-order chi connectivity index (χ0) is 10.7. The SMILES string of the molecule is O=S(=O)(OCCC(F)F)C(F)(F)F. The van der Waals surface area contributed by atoms with Gasteiger partial charge in [0.25, 0.3) is 0 Å². The minimum atomic E-state index is -5.73. The summed E-state index contributed by atoms with van der Waals surface area (Å²) in [6.45, 7) is -1.18. The van der Waals surface area contributed by atoms with E-state index in [1.54, 1.807) is 0 Å². The van der Waals surface area contributed by atoms with Gasteiger partial charge >= 0.3 is 15.6 Å². The van der Waals surface area contributed by atoms with Gasteiger partial charge in [-0.15, -0.1) is 0 Å². The van der Waals surface area contributed by atoms with Crippen molar-refractivity contribution in [3.05, 3.63) is 0 Å². The van der Waals surface area contributed by atoms with Crippen LogP contribution >= 0.6 is 0 Å². The second-order valence-electron chi connectivity index (χ2n) is 1.90. The normalized spacial score (nSPS) is 13.7. The number of rotatable bonds is 4. The van der Waals surface area contributed by atoms with E-state index in [-0.39, 0.29) is 0 Å². The molecule has 0 bridgehead atoms. The Morgan fingerprint density at radius 2 is 1.69 bits per heavy atom. The first-order valence-electron chi connectivity index (χ1n) is 2.90. The van der Waals surface area contributed by atoms with Crippen molar-refractivity contribution in [1.29, 1.82) is 0 Å². The first-order valence-corrected chi connectivity index (χ1v) is 4.31. The Kier molecular flexibility index (Phi) is 4.04. The number of hydrogen-bond acceptors (Lipinski definition) is 3. The molecular weight excluding hydrogens is 223 g/mol. The van der Waals surface area contributed by atoms with Crippen LogP contribution in [0.25, 0.3) is 0 Å². The van der Waals surface area contributed by atoms with Gasteiger partial charge in [-0.05, 0) is 0 Å². The van der Waals surface area contributed by atoms with E-state index in [0.717, 1.165) is 0 Å². The fourth-order valence-corrected chi connectivity index (χ4v) is 0.763. The predicted octanol–water partition coefficient (Wildman–Crippen LogP) is 1.51. The molecule has 0 aromatic carbocycles. The van der Waals surface area contributed by atoms with Crippen molar-refractivity contribution in [3.63, 3.8) is 0 Å². The highest BCUT2D eigenvalue weighted by Gasteiger charge is 2.47. The second-order valence-corrected chi connectivity index (χ2v) is 3.51. The van der Waals surface area contributed by atoms with E-state index in [2.05, 4.69) is 4.18 Å². The van der Waals surface area contributed by atoms with E-state index < -0.39 is 35.1 Å². The zero-order valence-electron chi connectivity index (χ0n) is 6.01. The standard InChI is InChI=1S/C4H5F5O3S/c5-3(6)1-2-12-13(10,11)4(7,8)9/h3H,1-2H2. The molecule has 0 atom stereocenters. The summed E-state index contributed by atoms with van der Waals surface area (Å²) in [6, 6.07) is 0. The Morgan fingerprint density at radius 3 is 2.00 bits per heavy atom. The summed E-state index contributed by atoms with van der Waals surface area (Å²) >= 11 is 0. The van der Waals surface area contributed by atoms with Gasteiger partial charge in [-0.3, -0.25) is 4.18 Å². The first-order chi connectivity index (χ1) is 5.67. The van der Waals surface area contributed by atoms with E-state index in [0.29, 0.717) is 0 Å². The van der Waals surface area contributed by atoms with Crippen molar-refractivity contribution in [1.82, 2.24) is 0 Å². The summed E-state index contributed by atoms with van der Waals surface area (Å²) < 4.78 is 80.4. The van der Waals surface area contributed by atoms with Crippen molar-refractivity contribution in [2.24, 2.45) is 0 Å². The smallest absolute Gasteiger partial charge is 0.263 e. The Labute approximate surface area is 70.6 Å². The van der Waals surface area contributed by atoms with Crippen LogP contribution in [0.5, 0.6) is 0 Å². The average Bonchev–Trinajstić information content (AvgIpc) is 1.82. The molecule has 0 aliphatic carbocycles. The molecule has 0 aliphatic heterocycles. The lowest BCUT2D eigenvalue weighted by Crippen LogP contribution is -2.26. The van der Waals surface area contributed by atoms with Crippen LogP contribution in [0.2, 0.25) is 0 Å². The maximum absolute atomic E-state index is 11.5. The van der Waals surface area contributed by atoms with E-state index in [9.17, 15) is 30.4 Å². The molecule has 9 heteroatoms. The number of halogens is 5. The van der Waals surface area contributed by atoms with Gasteiger partial charge in [-0.25, -0.2) is 8.78 Å². The van der Waals surface area contributed by atoms with Crippen molar-refractivity contribution < 1.29 is 34.6 Å². The lowest BCUT2D eigenvalue weighted by molar-refractivity contribution is -0.0550. The molecule has 0 N–H and O–H groups in total. The van der Waals surface area contributed by atoms with E-state index >= 15 is 0 Å². The van der Waals surface area contributed by atoms with Crippen molar-refractivity contribution in [3.8, 4) is 0 Å². The molecule has 0 saturated heterocycles. The summed E-state index contributed by atoms with van der Waals surface area (Å²) in [6.07, 6.45) is -3.96. The summed E-state index contributed by atoms with van der Waals surface area (Å²) in [4.78, 5) is 0. The van der Waals surface area contributed by atoms with Crippen molar-refractivity contribution in [2.45, 2.75) is 18.4 Å². The number of alkyl halides is 5. The summed E-state index contributed by atoms with van der Waals surface area (Å²) in [5, 5.41) is 0. The third-order valence-corrected chi connectivity index (χ3v) is 1.90. The fourth-order valence-electron chi connectivity index (χ4n) is 0.314. The summed E-state index contributed by atoms with van der Waals surface area (Å²) in [7, 11) is -5.73. The quantitative estimate of drug-likeness (QED) is 0.416. The molecule has 13 heavy (non-hydrogen) atoms. The largest absolute Gasteiger partial charge is 0.523 e. The Balaban J connectivity index is 4.07. The molecule has 0 aromatic heterocycles. The lowest BCUT2D eigenvalue weighted by Gasteiger charge is -2.07. The minimum Gasteiger partial charge on any atom is -0.263 e. The maximum Gasteiger partial charge on any atom is 0.523 e. The molecule has 3 nitrogen and oxygen atoms in total. The molecule has 0 heterocycles. The predicted molar refractivity (Wildman–Crippen MR) is 31.5 cm³/mol. The second kappa shape index (κ2) is 4.18. The van der Waals surface area contributed by atoms with Crippen LogP contribution in [-0.4, -0.2) is 27.0 Å². The summed E-state index contributed by atoms with van der Waals surface area (Å²) in [5.41, 5.74) is -5.56. The van der Waals surface area contributed by atoms with E-state index in [1.807, 2.05) is 0 Å².